The van der Waals surface area contributed by atoms with E-state index in [1.54, 1.807) is 12.1 Å². The number of hydrogen-bond acceptors (Lipinski definition) is 2. The topological polar surface area (TPSA) is 25.2 Å². The largest absolute Gasteiger partial charge is 0.456 e. The second-order valence-electron chi connectivity index (χ2n) is 4.88. The van der Waals surface area contributed by atoms with Crippen LogP contribution in [0.1, 0.15) is 12.5 Å². The first-order valence-corrected chi connectivity index (χ1v) is 7.24. The predicted octanol–water partition coefficient (Wildman–Crippen LogP) is 5.00. The zero-order chi connectivity index (χ0) is 14.8. The first-order valence-electron chi connectivity index (χ1n) is 6.86. The van der Waals surface area contributed by atoms with E-state index in [1.807, 2.05) is 31.2 Å². The quantitative estimate of drug-likeness (QED) is 0.733. The van der Waals surface area contributed by atoms with E-state index in [0.29, 0.717) is 22.9 Å². The van der Waals surface area contributed by atoms with Crippen LogP contribution in [0.15, 0.2) is 46.9 Å². The second kappa shape index (κ2) is 5.88. The number of nitrogens with one attached hydrogen (secondary N) is 1. The molecule has 3 aromatic rings. The molecule has 0 aliphatic carbocycles. The average molecular weight is 304 g/mol. The van der Waals surface area contributed by atoms with Crippen molar-refractivity contribution < 1.29 is 8.81 Å². The molecule has 0 atom stereocenters. The molecule has 0 spiro atoms. The molecule has 21 heavy (non-hydrogen) atoms. The standard InChI is InChI=1S/C17H15ClFNO/c1-2-20-10-12-4-3-11(8-15(12)19)17-9-13-7-14(18)5-6-16(13)21-17/h3-9,20H,2,10H2,1H3. The Kier molecular flexibility index (Phi) is 3.95. The Hall–Kier alpha value is -1.84. The summed E-state index contributed by atoms with van der Waals surface area (Å²) in [4.78, 5) is 0. The molecule has 2 nitrogen and oxygen atoms in total. The molecule has 0 radical (unpaired) electrons. The Morgan fingerprint density at radius 1 is 1.14 bits per heavy atom. The van der Waals surface area contributed by atoms with Crippen LogP contribution < -0.4 is 5.32 Å². The van der Waals surface area contributed by atoms with Crippen molar-refractivity contribution in [2.24, 2.45) is 0 Å². The Morgan fingerprint density at radius 2 is 2.00 bits per heavy atom. The van der Waals surface area contributed by atoms with Crippen molar-refractivity contribution in [3.8, 4) is 11.3 Å². The SMILES string of the molecule is CCNCc1ccc(-c2cc3cc(Cl)ccc3o2)cc1F. The van der Waals surface area contributed by atoms with Crippen LogP contribution in [0.2, 0.25) is 5.02 Å². The van der Waals surface area contributed by atoms with Gasteiger partial charge in [0.1, 0.15) is 17.2 Å². The van der Waals surface area contributed by atoms with Gasteiger partial charge in [-0.3, -0.25) is 0 Å². The van der Waals surface area contributed by atoms with Gasteiger partial charge in [-0.2, -0.15) is 0 Å². The summed E-state index contributed by atoms with van der Waals surface area (Å²) in [7, 11) is 0. The zero-order valence-electron chi connectivity index (χ0n) is 11.6. The van der Waals surface area contributed by atoms with Crippen LogP contribution in [0.25, 0.3) is 22.3 Å². The fourth-order valence-corrected chi connectivity index (χ4v) is 2.44. The molecular weight excluding hydrogens is 289 g/mol. The Bertz CT molecular complexity index is 782. The number of rotatable bonds is 4. The molecule has 1 N–H and O–H groups in total. The summed E-state index contributed by atoms with van der Waals surface area (Å²) in [5.41, 5.74) is 2.12. The fraction of sp³-hybridized carbons (Fsp3) is 0.176. The fourth-order valence-electron chi connectivity index (χ4n) is 2.26. The van der Waals surface area contributed by atoms with Gasteiger partial charge in [0.25, 0.3) is 0 Å². The monoisotopic (exact) mass is 303 g/mol. The summed E-state index contributed by atoms with van der Waals surface area (Å²) >= 11 is 5.96. The Balaban J connectivity index is 1.96. The molecule has 2 aromatic carbocycles. The number of furan rings is 1. The van der Waals surface area contributed by atoms with Gasteiger partial charge in [0.15, 0.2) is 0 Å². The van der Waals surface area contributed by atoms with Crippen LogP contribution in [-0.2, 0) is 6.54 Å². The van der Waals surface area contributed by atoms with E-state index in [1.165, 1.54) is 6.07 Å². The van der Waals surface area contributed by atoms with Gasteiger partial charge in [0.2, 0.25) is 0 Å². The third-order valence-corrected chi connectivity index (χ3v) is 3.62. The lowest BCUT2D eigenvalue weighted by Crippen LogP contribution is -2.12. The molecule has 0 saturated heterocycles. The third kappa shape index (κ3) is 2.94. The van der Waals surface area contributed by atoms with Gasteiger partial charge in [-0.1, -0.05) is 30.7 Å². The van der Waals surface area contributed by atoms with Crippen LogP contribution in [0, 0.1) is 5.82 Å². The maximum Gasteiger partial charge on any atom is 0.135 e. The van der Waals surface area contributed by atoms with E-state index >= 15 is 0 Å². The average Bonchev–Trinajstić information content (AvgIpc) is 2.89. The Labute approximate surface area is 127 Å². The van der Waals surface area contributed by atoms with Gasteiger partial charge in [-0.05, 0) is 36.9 Å². The molecule has 108 valence electrons. The van der Waals surface area contributed by atoms with Crippen molar-refractivity contribution in [2.45, 2.75) is 13.5 Å². The highest BCUT2D eigenvalue weighted by Gasteiger charge is 2.09. The predicted molar refractivity (Wildman–Crippen MR) is 84.0 cm³/mol. The molecule has 4 heteroatoms. The van der Waals surface area contributed by atoms with E-state index in [2.05, 4.69) is 5.32 Å². The van der Waals surface area contributed by atoms with Gasteiger partial charge in [-0.15, -0.1) is 0 Å². The summed E-state index contributed by atoms with van der Waals surface area (Å²) in [6.45, 7) is 3.33. The molecular formula is C17H15ClFNO. The lowest BCUT2D eigenvalue weighted by molar-refractivity contribution is 0.591. The van der Waals surface area contributed by atoms with Crippen molar-refractivity contribution in [3.63, 3.8) is 0 Å². The zero-order valence-corrected chi connectivity index (χ0v) is 12.4. The van der Waals surface area contributed by atoms with Crippen molar-refractivity contribution in [3.05, 3.63) is 58.9 Å². The highest BCUT2D eigenvalue weighted by atomic mass is 35.5. The normalized spacial score (nSPS) is 11.2. The summed E-state index contributed by atoms with van der Waals surface area (Å²) in [5, 5.41) is 4.68. The maximum absolute atomic E-state index is 14.1. The van der Waals surface area contributed by atoms with E-state index in [0.717, 1.165) is 23.1 Å². The maximum atomic E-state index is 14.1. The van der Waals surface area contributed by atoms with Gasteiger partial charge < -0.3 is 9.73 Å². The molecule has 1 heterocycles. The van der Waals surface area contributed by atoms with Gasteiger partial charge in [0.05, 0.1) is 0 Å². The molecule has 0 saturated carbocycles. The number of benzene rings is 2. The van der Waals surface area contributed by atoms with E-state index < -0.39 is 0 Å². The van der Waals surface area contributed by atoms with Gasteiger partial charge in [0, 0.05) is 28.1 Å². The van der Waals surface area contributed by atoms with E-state index in [9.17, 15) is 4.39 Å². The molecule has 0 aliphatic rings. The first-order chi connectivity index (χ1) is 10.2. The van der Waals surface area contributed by atoms with E-state index in [-0.39, 0.29) is 5.82 Å². The number of fused-ring (bicyclic) bond motifs is 1. The lowest BCUT2D eigenvalue weighted by Gasteiger charge is -2.05. The molecule has 0 fully saturated rings. The summed E-state index contributed by atoms with van der Waals surface area (Å²) in [5.74, 6) is 0.410. The molecule has 0 bridgehead atoms. The van der Waals surface area contributed by atoms with E-state index in [4.69, 9.17) is 16.0 Å². The Morgan fingerprint density at radius 3 is 2.76 bits per heavy atom. The van der Waals surface area contributed by atoms with Crippen LogP contribution >= 0.6 is 11.6 Å². The molecule has 0 unspecified atom stereocenters. The minimum absolute atomic E-state index is 0.230. The molecule has 1 aromatic heterocycles. The van der Waals surface area contributed by atoms with Crippen LogP contribution in [0.3, 0.4) is 0 Å². The molecule has 0 amide bonds. The number of halogens is 2. The first kappa shape index (κ1) is 14.1. The summed E-state index contributed by atoms with van der Waals surface area (Å²) < 4.78 is 19.8. The molecule has 0 aliphatic heterocycles. The van der Waals surface area contributed by atoms with Crippen molar-refractivity contribution in [1.82, 2.24) is 5.32 Å². The van der Waals surface area contributed by atoms with Crippen molar-refractivity contribution in [2.75, 3.05) is 6.54 Å². The molecule has 3 rings (SSSR count). The van der Waals surface area contributed by atoms with Crippen LogP contribution in [-0.4, -0.2) is 6.54 Å². The minimum atomic E-state index is -0.230. The van der Waals surface area contributed by atoms with Crippen molar-refractivity contribution >= 4 is 22.6 Å². The second-order valence-corrected chi connectivity index (χ2v) is 5.32. The van der Waals surface area contributed by atoms with Gasteiger partial charge >= 0.3 is 0 Å². The third-order valence-electron chi connectivity index (χ3n) is 3.38. The summed E-state index contributed by atoms with van der Waals surface area (Å²) in [6.07, 6.45) is 0. The highest BCUT2D eigenvalue weighted by molar-refractivity contribution is 6.31. The number of hydrogen-bond donors (Lipinski definition) is 1. The summed E-state index contributed by atoms with van der Waals surface area (Å²) in [6, 6.07) is 12.5. The van der Waals surface area contributed by atoms with Gasteiger partial charge in [-0.25, -0.2) is 4.39 Å². The minimum Gasteiger partial charge on any atom is -0.456 e. The van der Waals surface area contributed by atoms with Crippen LogP contribution in [0.5, 0.6) is 0 Å². The smallest absolute Gasteiger partial charge is 0.135 e. The van der Waals surface area contributed by atoms with Crippen molar-refractivity contribution in [1.29, 1.82) is 0 Å². The lowest BCUT2D eigenvalue weighted by atomic mass is 10.1. The highest BCUT2D eigenvalue weighted by Crippen LogP contribution is 2.30. The van der Waals surface area contributed by atoms with Crippen LogP contribution in [0.4, 0.5) is 4.39 Å².